The molecule has 1 aliphatic rings. The summed E-state index contributed by atoms with van der Waals surface area (Å²) in [6.07, 6.45) is 3.38. The van der Waals surface area contributed by atoms with Crippen molar-refractivity contribution in [2.75, 3.05) is 0 Å². The van der Waals surface area contributed by atoms with Crippen molar-refractivity contribution in [1.29, 1.82) is 0 Å². The van der Waals surface area contributed by atoms with E-state index in [0.717, 1.165) is 16.2 Å². The predicted molar refractivity (Wildman–Crippen MR) is 111 cm³/mol. The highest BCUT2D eigenvalue weighted by atomic mass is 35.5. The minimum absolute atomic E-state index is 0.136. The number of benzene rings is 2. The molecule has 2 N–H and O–H groups in total. The normalized spacial score (nSPS) is 15.0. The van der Waals surface area contributed by atoms with Crippen LogP contribution in [0.3, 0.4) is 0 Å². The third-order valence-corrected chi connectivity index (χ3v) is 4.93. The third-order valence-electron chi connectivity index (χ3n) is 4.68. The Bertz CT molecular complexity index is 1160. The highest BCUT2D eigenvalue weighted by Gasteiger charge is 2.33. The molecule has 8 heteroatoms. The molecule has 1 saturated heterocycles. The molecule has 150 valence electrons. The number of halogens is 1. The number of rotatable bonds is 5. The summed E-state index contributed by atoms with van der Waals surface area (Å²) in [4.78, 5) is 37.2. The van der Waals surface area contributed by atoms with Crippen LogP contribution in [0.5, 0.6) is 0 Å². The maximum Gasteiger partial charge on any atom is 0.335 e. The second kappa shape index (κ2) is 7.88. The average molecular weight is 422 g/mol. The Hall–Kier alpha value is -3.84. The molecule has 0 bridgehead atoms. The molecule has 0 unspecified atom stereocenters. The molecular formula is C22H16ClN3O4. The predicted octanol–water partition coefficient (Wildman–Crippen LogP) is 3.92. The molecule has 1 fully saturated rings. The monoisotopic (exact) mass is 421 g/mol. The number of urea groups is 1. The van der Waals surface area contributed by atoms with Gasteiger partial charge in [-0.2, -0.15) is 0 Å². The lowest BCUT2D eigenvalue weighted by atomic mass is 10.2. The molecule has 4 rings (SSSR count). The summed E-state index contributed by atoms with van der Waals surface area (Å²) in [7, 11) is 0. The quantitative estimate of drug-likeness (QED) is 0.482. The number of carbonyl (C=O) groups is 3. The second-order valence-electron chi connectivity index (χ2n) is 6.66. The van der Waals surface area contributed by atoms with Gasteiger partial charge in [0, 0.05) is 22.6 Å². The third kappa shape index (κ3) is 3.83. The molecule has 0 saturated carbocycles. The summed E-state index contributed by atoms with van der Waals surface area (Å²) in [6.45, 7) is 0.136. The number of nitrogens with one attached hydrogen (secondary N) is 1. The summed E-state index contributed by atoms with van der Waals surface area (Å²) >= 11 is 5.88. The first-order valence-electron chi connectivity index (χ1n) is 9.02. The molecule has 0 aliphatic carbocycles. The molecule has 1 aromatic heterocycles. The van der Waals surface area contributed by atoms with Gasteiger partial charge in [0.15, 0.2) is 0 Å². The summed E-state index contributed by atoms with van der Waals surface area (Å²) in [5, 5.41) is 12.2. The van der Waals surface area contributed by atoms with Crippen LogP contribution in [0.25, 0.3) is 11.8 Å². The van der Waals surface area contributed by atoms with Crippen LogP contribution in [-0.2, 0) is 11.3 Å². The van der Waals surface area contributed by atoms with E-state index in [1.807, 2.05) is 0 Å². The van der Waals surface area contributed by atoms with Crippen LogP contribution >= 0.6 is 11.6 Å². The van der Waals surface area contributed by atoms with Gasteiger partial charge in [-0.25, -0.2) is 9.59 Å². The van der Waals surface area contributed by atoms with Gasteiger partial charge in [0.1, 0.15) is 5.70 Å². The molecule has 2 heterocycles. The van der Waals surface area contributed by atoms with E-state index in [4.69, 9.17) is 16.7 Å². The number of hydrogen-bond acceptors (Lipinski definition) is 3. The maximum atomic E-state index is 12.8. The minimum atomic E-state index is -1.00. The summed E-state index contributed by atoms with van der Waals surface area (Å²) in [5.74, 6) is -1.43. The number of carboxylic acid groups (broad SMARTS) is 1. The van der Waals surface area contributed by atoms with Gasteiger partial charge in [0.25, 0.3) is 5.91 Å². The first-order valence-corrected chi connectivity index (χ1v) is 9.40. The number of aromatic carboxylic acids is 1. The van der Waals surface area contributed by atoms with Gasteiger partial charge in [-0.15, -0.1) is 0 Å². The van der Waals surface area contributed by atoms with Gasteiger partial charge < -0.3 is 15.0 Å². The molecule has 7 nitrogen and oxygen atoms in total. The zero-order valence-corrected chi connectivity index (χ0v) is 16.3. The SMILES string of the molecule is O=C(O)c1ccc(-n2cccc2C=C2NC(=O)N(Cc3ccc(Cl)cc3)C2=O)cc1. The first kappa shape index (κ1) is 19.5. The van der Waals surface area contributed by atoms with Crippen LogP contribution in [0.1, 0.15) is 21.6 Å². The van der Waals surface area contributed by atoms with Gasteiger partial charge in [-0.1, -0.05) is 23.7 Å². The van der Waals surface area contributed by atoms with Crippen LogP contribution in [0.15, 0.2) is 72.6 Å². The fourth-order valence-electron chi connectivity index (χ4n) is 3.15. The molecule has 3 aromatic rings. The number of imide groups is 1. The highest BCUT2D eigenvalue weighted by molar-refractivity contribution is 6.30. The molecular weight excluding hydrogens is 406 g/mol. The van der Waals surface area contributed by atoms with Crippen LogP contribution in [-0.4, -0.2) is 32.5 Å². The molecule has 2 aromatic carbocycles. The largest absolute Gasteiger partial charge is 0.478 e. The van der Waals surface area contributed by atoms with Crippen LogP contribution < -0.4 is 5.32 Å². The summed E-state index contributed by atoms with van der Waals surface area (Å²) in [5.41, 5.74) is 2.52. The lowest BCUT2D eigenvalue weighted by Crippen LogP contribution is -2.30. The molecule has 0 spiro atoms. The molecule has 0 radical (unpaired) electrons. The van der Waals surface area contributed by atoms with Gasteiger partial charge in [-0.3, -0.25) is 9.69 Å². The van der Waals surface area contributed by atoms with Crippen LogP contribution in [0, 0.1) is 0 Å². The Labute approximate surface area is 176 Å². The fraction of sp³-hybridized carbons (Fsp3) is 0.0455. The molecule has 30 heavy (non-hydrogen) atoms. The van der Waals surface area contributed by atoms with E-state index >= 15 is 0 Å². The zero-order chi connectivity index (χ0) is 21.3. The van der Waals surface area contributed by atoms with Crippen molar-refractivity contribution < 1.29 is 19.5 Å². The van der Waals surface area contributed by atoms with Crippen molar-refractivity contribution in [3.8, 4) is 5.69 Å². The van der Waals surface area contributed by atoms with Crippen molar-refractivity contribution in [3.05, 3.63) is 94.4 Å². The summed E-state index contributed by atoms with van der Waals surface area (Å²) in [6, 6.07) is 16.4. The fourth-order valence-corrected chi connectivity index (χ4v) is 3.27. The average Bonchev–Trinajstić information content (AvgIpc) is 3.30. The Kier molecular flexibility index (Phi) is 5.12. The van der Waals surface area contributed by atoms with Crippen molar-refractivity contribution in [1.82, 2.24) is 14.8 Å². The maximum absolute atomic E-state index is 12.8. The second-order valence-corrected chi connectivity index (χ2v) is 7.10. The number of carboxylic acids is 1. The van der Waals surface area contributed by atoms with E-state index in [1.54, 1.807) is 65.4 Å². The summed E-state index contributed by atoms with van der Waals surface area (Å²) < 4.78 is 1.79. The zero-order valence-electron chi connectivity index (χ0n) is 15.6. The topological polar surface area (TPSA) is 91.6 Å². The number of carbonyl (C=O) groups excluding carboxylic acids is 2. The van der Waals surface area contributed by atoms with E-state index in [9.17, 15) is 14.4 Å². The van der Waals surface area contributed by atoms with Gasteiger partial charge >= 0.3 is 12.0 Å². The van der Waals surface area contributed by atoms with Crippen molar-refractivity contribution in [2.45, 2.75) is 6.54 Å². The van der Waals surface area contributed by atoms with E-state index < -0.39 is 17.9 Å². The number of amides is 3. The van der Waals surface area contributed by atoms with Gasteiger partial charge in [-0.05, 0) is 60.2 Å². The number of hydrogen-bond donors (Lipinski definition) is 2. The van der Waals surface area contributed by atoms with E-state index in [0.29, 0.717) is 10.7 Å². The lowest BCUT2D eigenvalue weighted by molar-refractivity contribution is -0.123. The smallest absolute Gasteiger partial charge is 0.335 e. The van der Waals surface area contributed by atoms with E-state index in [1.165, 1.54) is 12.1 Å². The molecule has 3 amide bonds. The van der Waals surface area contributed by atoms with Gasteiger partial charge in [0.2, 0.25) is 0 Å². The Morgan fingerprint density at radius 3 is 2.40 bits per heavy atom. The van der Waals surface area contributed by atoms with Crippen LogP contribution in [0.2, 0.25) is 5.02 Å². The molecule has 1 aliphatic heterocycles. The number of nitrogens with zero attached hydrogens (tertiary/aromatic N) is 2. The Morgan fingerprint density at radius 1 is 1.03 bits per heavy atom. The van der Waals surface area contributed by atoms with E-state index in [2.05, 4.69) is 5.32 Å². The van der Waals surface area contributed by atoms with Crippen molar-refractivity contribution in [3.63, 3.8) is 0 Å². The highest BCUT2D eigenvalue weighted by Crippen LogP contribution is 2.20. The number of aromatic nitrogens is 1. The van der Waals surface area contributed by atoms with Crippen LogP contribution in [0.4, 0.5) is 4.79 Å². The van der Waals surface area contributed by atoms with Crippen molar-refractivity contribution in [2.24, 2.45) is 0 Å². The molecule has 0 atom stereocenters. The first-order chi connectivity index (χ1) is 14.4. The lowest BCUT2D eigenvalue weighted by Gasteiger charge is -2.11. The van der Waals surface area contributed by atoms with Gasteiger partial charge in [0.05, 0.1) is 12.1 Å². The van der Waals surface area contributed by atoms with Crippen molar-refractivity contribution >= 4 is 35.6 Å². The Balaban J connectivity index is 1.58. The van der Waals surface area contributed by atoms with E-state index in [-0.39, 0.29) is 17.8 Å². The Morgan fingerprint density at radius 2 is 1.73 bits per heavy atom. The minimum Gasteiger partial charge on any atom is -0.478 e. The standard InChI is InChI=1S/C22H16ClN3O4/c23-16-7-3-14(4-8-16)13-26-20(27)19(24-22(26)30)12-18-2-1-11-25(18)17-9-5-15(6-10-17)21(28)29/h1-12H,13H2,(H,24,30)(H,28,29).